The summed E-state index contributed by atoms with van der Waals surface area (Å²) in [6.07, 6.45) is 0. The van der Waals surface area contributed by atoms with Crippen molar-refractivity contribution in [1.82, 2.24) is 9.78 Å². The van der Waals surface area contributed by atoms with Gasteiger partial charge in [-0.05, 0) is 55.0 Å². The lowest BCUT2D eigenvalue weighted by Gasteiger charge is -2.08. The number of carbonyl (C=O) groups excluding carboxylic acids is 1. The number of anilines is 1. The van der Waals surface area contributed by atoms with E-state index in [-0.39, 0.29) is 23.0 Å². The van der Waals surface area contributed by atoms with Gasteiger partial charge in [0.15, 0.2) is 0 Å². The minimum Gasteiger partial charge on any atom is -0.497 e. The van der Waals surface area contributed by atoms with Crippen LogP contribution in [0.15, 0.2) is 64.4 Å². The molecule has 28 heavy (non-hydrogen) atoms. The van der Waals surface area contributed by atoms with Crippen LogP contribution in [0.25, 0.3) is 5.69 Å². The summed E-state index contributed by atoms with van der Waals surface area (Å²) in [5.41, 5.74) is 1.21. The fraction of sp³-hybridized carbons (Fsp3) is 0.150. The fourth-order valence-corrected chi connectivity index (χ4v) is 3.04. The number of ether oxygens (including phenoxy) is 1. The molecule has 2 aromatic carbocycles. The number of nitrogens with zero attached hydrogens (tertiary/aromatic N) is 2. The van der Waals surface area contributed by atoms with Crippen LogP contribution in [0.2, 0.25) is 0 Å². The third-order valence-electron chi connectivity index (χ3n) is 3.90. The standard InChI is InChI=1S/C20H18FN3O3S/c1-13-3-4-14(11-17(13)21)22-18(25)12-28-19-9-10-20(26)24(23-19)15-5-7-16(27-2)8-6-15/h3-11H,12H2,1-2H3,(H,22,25). The van der Waals surface area contributed by atoms with E-state index in [2.05, 4.69) is 10.4 Å². The van der Waals surface area contributed by atoms with Crippen molar-refractivity contribution in [2.45, 2.75) is 11.9 Å². The van der Waals surface area contributed by atoms with Crippen LogP contribution in [-0.2, 0) is 4.79 Å². The van der Waals surface area contributed by atoms with Crippen molar-refractivity contribution >= 4 is 23.4 Å². The number of carbonyl (C=O) groups is 1. The summed E-state index contributed by atoms with van der Waals surface area (Å²) in [6.45, 7) is 1.65. The first-order chi connectivity index (χ1) is 13.5. The summed E-state index contributed by atoms with van der Waals surface area (Å²) in [4.78, 5) is 24.2. The Kier molecular flexibility index (Phi) is 6.10. The first-order valence-corrected chi connectivity index (χ1v) is 9.38. The first-order valence-electron chi connectivity index (χ1n) is 8.40. The number of aryl methyl sites for hydroxylation is 1. The zero-order valence-corrected chi connectivity index (χ0v) is 16.1. The van der Waals surface area contributed by atoms with Gasteiger partial charge in [0.1, 0.15) is 16.6 Å². The van der Waals surface area contributed by atoms with E-state index in [9.17, 15) is 14.0 Å². The summed E-state index contributed by atoms with van der Waals surface area (Å²) in [5.74, 6) is 0.0750. The predicted molar refractivity (Wildman–Crippen MR) is 107 cm³/mol. The predicted octanol–water partition coefficient (Wildman–Crippen LogP) is 3.42. The number of halogens is 1. The zero-order chi connectivity index (χ0) is 20.1. The Labute approximate surface area is 165 Å². The Morgan fingerprint density at radius 2 is 1.93 bits per heavy atom. The molecular weight excluding hydrogens is 381 g/mol. The topological polar surface area (TPSA) is 73.2 Å². The van der Waals surface area contributed by atoms with Crippen molar-refractivity contribution in [3.8, 4) is 11.4 Å². The number of methoxy groups -OCH3 is 1. The van der Waals surface area contributed by atoms with E-state index < -0.39 is 0 Å². The van der Waals surface area contributed by atoms with Gasteiger partial charge >= 0.3 is 0 Å². The summed E-state index contributed by atoms with van der Waals surface area (Å²) in [6, 6.07) is 14.4. The second kappa shape index (κ2) is 8.71. The molecule has 1 amide bonds. The van der Waals surface area contributed by atoms with E-state index >= 15 is 0 Å². The zero-order valence-electron chi connectivity index (χ0n) is 15.3. The van der Waals surface area contributed by atoms with E-state index in [1.807, 2.05) is 0 Å². The molecule has 0 aliphatic carbocycles. The number of thioether (sulfide) groups is 1. The lowest BCUT2D eigenvalue weighted by molar-refractivity contribution is -0.113. The van der Waals surface area contributed by atoms with Gasteiger partial charge in [-0.2, -0.15) is 9.78 Å². The van der Waals surface area contributed by atoms with Crippen LogP contribution in [0, 0.1) is 12.7 Å². The summed E-state index contributed by atoms with van der Waals surface area (Å²) < 4.78 is 19.9. The molecule has 0 aliphatic rings. The lowest BCUT2D eigenvalue weighted by atomic mass is 10.2. The molecule has 0 atom stereocenters. The number of benzene rings is 2. The van der Waals surface area contributed by atoms with Crippen LogP contribution in [-0.4, -0.2) is 28.6 Å². The monoisotopic (exact) mass is 399 g/mol. The van der Waals surface area contributed by atoms with Crippen molar-refractivity contribution in [3.63, 3.8) is 0 Å². The molecule has 0 bridgehead atoms. The molecule has 0 saturated carbocycles. The number of hydrogen-bond acceptors (Lipinski definition) is 5. The van der Waals surface area contributed by atoms with Crippen molar-refractivity contribution in [2.75, 3.05) is 18.2 Å². The molecule has 0 fully saturated rings. The Morgan fingerprint density at radius 3 is 2.61 bits per heavy atom. The SMILES string of the molecule is COc1ccc(-n2nc(SCC(=O)Nc3ccc(C)c(F)c3)ccc2=O)cc1. The Balaban J connectivity index is 1.68. The molecular formula is C20H18FN3O3S. The van der Waals surface area contributed by atoms with Gasteiger partial charge < -0.3 is 10.1 Å². The highest BCUT2D eigenvalue weighted by molar-refractivity contribution is 7.99. The normalized spacial score (nSPS) is 10.5. The highest BCUT2D eigenvalue weighted by atomic mass is 32.2. The van der Waals surface area contributed by atoms with Gasteiger partial charge in [-0.3, -0.25) is 9.59 Å². The maximum Gasteiger partial charge on any atom is 0.271 e. The second-order valence-corrected chi connectivity index (χ2v) is 6.92. The van der Waals surface area contributed by atoms with E-state index in [0.29, 0.717) is 27.7 Å². The average molecular weight is 399 g/mol. The molecule has 144 valence electrons. The third-order valence-corrected chi connectivity index (χ3v) is 4.82. The van der Waals surface area contributed by atoms with E-state index in [1.165, 1.54) is 28.6 Å². The highest BCUT2D eigenvalue weighted by Gasteiger charge is 2.09. The molecule has 0 aliphatic heterocycles. The Hall–Kier alpha value is -3.13. The van der Waals surface area contributed by atoms with Crippen molar-refractivity contribution in [1.29, 1.82) is 0 Å². The molecule has 8 heteroatoms. The maximum atomic E-state index is 13.6. The van der Waals surface area contributed by atoms with Crippen LogP contribution < -0.4 is 15.6 Å². The van der Waals surface area contributed by atoms with Crippen LogP contribution in [0.4, 0.5) is 10.1 Å². The van der Waals surface area contributed by atoms with Gasteiger partial charge in [0.2, 0.25) is 5.91 Å². The molecule has 3 aromatic rings. The molecule has 1 N–H and O–H groups in total. The number of hydrogen-bond donors (Lipinski definition) is 1. The average Bonchev–Trinajstić information content (AvgIpc) is 2.70. The van der Waals surface area contributed by atoms with Crippen LogP contribution >= 0.6 is 11.8 Å². The highest BCUT2D eigenvalue weighted by Crippen LogP contribution is 2.18. The molecule has 0 saturated heterocycles. The molecule has 6 nitrogen and oxygen atoms in total. The second-order valence-electron chi connectivity index (χ2n) is 5.92. The van der Waals surface area contributed by atoms with Gasteiger partial charge in [0.25, 0.3) is 5.56 Å². The van der Waals surface area contributed by atoms with Gasteiger partial charge in [0, 0.05) is 11.8 Å². The maximum absolute atomic E-state index is 13.6. The van der Waals surface area contributed by atoms with Gasteiger partial charge in [-0.25, -0.2) is 4.39 Å². The van der Waals surface area contributed by atoms with E-state index in [0.717, 1.165) is 0 Å². The lowest BCUT2D eigenvalue weighted by Crippen LogP contribution is -2.20. The third kappa shape index (κ3) is 4.77. The largest absolute Gasteiger partial charge is 0.497 e. The summed E-state index contributed by atoms with van der Waals surface area (Å²) in [7, 11) is 1.56. The molecule has 1 aromatic heterocycles. The first kappa shape index (κ1) is 19.6. The Morgan fingerprint density at radius 1 is 1.18 bits per heavy atom. The van der Waals surface area contributed by atoms with Crippen molar-refractivity contribution < 1.29 is 13.9 Å². The van der Waals surface area contributed by atoms with Gasteiger partial charge in [-0.1, -0.05) is 17.8 Å². The molecule has 1 heterocycles. The summed E-state index contributed by atoms with van der Waals surface area (Å²) in [5, 5.41) is 7.44. The van der Waals surface area contributed by atoms with Crippen LogP contribution in [0.3, 0.4) is 0 Å². The number of amides is 1. The fourth-order valence-electron chi connectivity index (χ4n) is 2.39. The van der Waals surface area contributed by atoms with E-state index in [4.69, 9.17) is 4.74 Å². The number of aromatic nitrogens is 2. The molecule has 0 unspecified atom stereocenters. The summed E-state index contributed by atoms with van der Waals surface area (Å²) >= 11 is 1.18. The van der Waals surface area contributed by atoms with Crippen molar-refractivity contribution in [2.24, 2.45) is 0 Å². The number of nitrogens with one attached hydrogen (secondary N) is 1. The molecule has 0 radical (unpaired) electrons. The molecule has 0 spiro atoms. The molecule has 3 rings (SSSR count). The smallest absolute Gasteiger partial charge is 0.271 e. The minimum absolute atomic E-state index is 0.0727. The van der Waals surface area contributed by atoms with Crippen LogP contribution in [0.5, 0.6) is 5.75 Å². The van der Waals surface area contributed by atoms with Crippen molar-refractivity contribution in [3.05, 3.63) is 76.3 Å². The number of rotatable bonds is 6. The van der Waals surface area contributed by atoms with Gasteiger partial charge in [-0.15, -0.1) is 0 Å². The minimum atomic E-state index is -0.376. The van der Waals surface area contributed by atoms with E-state index in [1.54, 1.807) is 56.5 Å². The van der Waals surface area contributed by atoms with Crippen LogP contribution in [0.1, 0.15) is 5.56 Å². The Bertz CT molecular complexity index is 1050. The van der Waals surface area contributed by atoms with Gasteiger partial charge in [0.05, 0.1) is 18.6 Å². The quantitative estimate of drug-likeness (QED) is 0.643.